The standard InChI is InChI=1S/C14H16ClNO/c1-9-5-4-6-16-14(9)8-13(15)12-7-10(2)17-11(12)3/h4-7,13H,8H2,1-3H3. The number of alkyl halides is 1. The average Bonchev–Trinajstić information content (AvgIpc) is 2.61. The molecule has 0 bridgehead atoms. The maximum absolute atomic E-state index is 6.43. The Morgan fingerprint density at radius 2 is 2.12 bits per heavy atom. The Morgan fingerprint density at radius 1 is 1.35 bits per heavy atom. The zero-order chi connectivity index (χ0) is 12.4. The van der Waals surface area contributed by atoms with Crippen molar-refractivity contribution in [3.8, 4) is 0 Å². The highest BCUT2D eigenvalue weighted by molar-refractivity contribution is 6.21. The number of aromatic nitrogens is 1. The van der Waals surface area contributed by atoms with E-state index in [1.54, 1.807) is 6.20 Å². The molecular weight excluding hydrogens is 234 g/mol. The Labute approximate surface area is 107 Å². The summed E-state index contributed by atoms with van der Waals surface area (Å²) >= 11 is 6.43. The van der Waals surface area contributed by atoms with Gasteiger partial charge in [-0.1, -0.05) is 6.07 Å². The first kappa shape index (κ1) is 12.2. The summed E-state index contributed by atoms with van der Waals surface area (Å²) < 4.78 is 5.50. The predicted molar refractivity (Wildman–Crippen MR) is 69.5 cm³/mol. The van der Waals surface area contributed by atoms with Gasteiger partial charge in [0, 0.05) is 23.9 Å². The first-order valence-electron chi connectivity index (χ1n) is 5.69. The molecule has 1 atom stereocenters. The molecule has 2 aromatic heterocycles. The van der Waals surface area contributed by atoms with E-state index in [-0.39, 0.29) is 5.38 Å². The molecule has 0 N–H and O–H groups in total. The molecule has 0 aliphatic rings. The van der Waals surface area contributed by atoms with E-state index in [0.29, 0.717) is 0 Å². The normalized spacial score (nSPS) is 12.7. The van der Waals surface area contributed by atoms with E-state index in [1.165, 1.54) is 5.56 Å². The van der Waals surface area contributed by atoms with Gasteiger partial charge in [0.1, 0.15) is 11.5 Å². The maximum Gasteiger partial charge on any atom is 0.105 e. The van der Waals surface area contributed by atoms with Gasteiger partial charge >= 0.3 is 0 Å². The van der Waals surface area contributed by atoms with Crippen LogP contribution in [0.2, 0.25) is 0 Å². The maximum atomic E-state index is 6.43. The third kappa shape index (κ3) is 2.70. The van der Waals surface area contributed by atoms with Crippen molar-refractivity contribution in [2.24, 2.45) is 0 Å². The van der Waals surface area contributed by atoms with Crippen molar-refractivity contribution in [2.45, 2.75) is 32.6 Å². The lowest BCUT2D eigenvalue weighted by Gasteiger charge is -2.09. The second-order valence-corrected chi connectivity index (χ2v) is 4.83. The van der Waals surface area contributed by atoms with E-state index in [4.69, 9.17) is 16.0 Å². The van der Waals surface area contributed by atoms with E-state index in [0.717, 1.165) is 29.2 Å². The van der Waals surface area contributed by atoms with Gasteiger partial charge in [0.05, 0.1) is 5.38 Å². The molecule has 0 aromatic carbocycles. The van der Waals surface area contributed by atoms with Crippen molar-refractivity contribution in [3.05, 3.63) is 52.7 Å². The SMILES string of the molecule is Cc1cc(C(Cl)Cc2ncccc2C)c(C)o1. The molecule has 2 nitrogen and oxygen atoms in total. The van der Waals surface area contributed by atoms with Crippen LogP contribution in [0.25, 0.3) is 0 Å². The second-order valence-electron chi connectivity index (χ2n) is 4.31. The molecule has 17 heavy (non-hydrogen) atoms. The lowest BCUT2D eigenvalue weighted by Crippen LogP contribution is -2.00. The molecule has 0 spiro atoms. The van der Waals surface area contributed by atoms with Gasteiger partial charge in [-0.15, -0.1) is 11.6 Å². The number of hydrogen-bond acceptors (Lipinski definition) is 2. The summed E-state index contributed by atoms with van der Waals surface area (Å²) in [7, 11) is 0. The molecule has 1 unspecified atom stereocenters. The third-order valence-electron chi connectivity index (χ3n) is 2.91. The number of furan rings is 1. The zero-order valence-electron chi connectivity index (χ0n) is 10.3. The van der Waals surface area contributed by atoms with Gasteiger partial charge in [-0.3, -0.25) is 4.98 Å². The number of rotatable bonds is 3. The van der Waals surface area contributed by atoms with Gasteiger partial charge in [0.15, 0.2) is 0 Å². The molecule has 0 saturated carbocycles. The topological polar surface area (TPSA) is 26.0 Å². The molecule has 90 valence electrons. The highest BCUT2D eigenvalue weighted by Gasteiger charge is 2.16. The largest absolute Gasteiger partial charge is 0.466 e. The number of halogens is 1. The van der Waals surface area contributed by atoms with Crippen LogP contribution in [0, 0.1) is 20.8 Å². The van der Waals surface area contributed by atoms with Crippen LogP contribution in [-0.4, -0.2) is 4.98 Å². The smallest absolute Gasteiger partial charge is 0.105 e. The van der Waals surface area contributed by atoms with E-state index in [2.05, 4.69) is 18.0 Å². The van der Waals surface area contributed by atoms with Crippen LogP contribution in [0.1, 0.15) is 33.7 Å². The summed E-state index contributed by atoms with van der Waals surface area (Å²) in [5.74, 6) is 1.80. The Balaban J connectivity index is 2.20. The molecule has 0 aliphatic carbocycles. The molecule has 0 amide bonds. The summed E-state index contributed by atoms with van der Waals surface area (Å²) in [4.78, 5) is 4.37. The molecule has 0 aliphatic heterocycles. The predicted octanol–water partition coefficient (Wildman–Crippen LogP) is 4.12. The van der Waals surface area contributed by atoms with Crippen molar-refractivity contribution >= 4 is 11.6 Å². The number of pyridine rings is 1. The van der Waals surface area contributed by atoms with Crippen molar-refractivity contribution in [2.75, 3.05) is 0 Å². The van der Waals surface area contributed by atoms with Gasteiger partial charge in [0.25, 0.3) is 0 Å². The summed E-state index contributed by atoms with van der Waals surface area (Å²) in [6, 6.07) is 6.00. The van der Waals surface area contributed by atoms with Crippen LogP contribution in [0.4, 0.5) is 0 Å². The second kappa shape index (κ2) is 4.92. The highest BCUT2D eigenvalue weighted by Crippen LogP contribution is 2.29. The highest BCUT2D eigenvalue weighted by atomic mass is 35.5. The molecule has 2 aromatic rings. The van der Waals surface area contributed by atoms with E-state index < -0.39 is 0 Å². The van der Waals surface area contributed by atoms with Crippen molar-refractivity contribution in [1.29, 1.82) is 0 Å². The summed E-state index contributed by atoms with van der Waals surface area (Å²) in [5, 5.41) is -0.0824. The molecule has 0 radical (unpaired) electrons. The Kier molecular flexibility index (Phi) is 3.53. The van der Waals surface area contributed by atoms with Crippen LogP contribution in [0.5, 0.6) is 0 Å². The fraction of sp³-hybridized carbons (Fsp3) is 0.357. The van der Waals surface area contributed by atoms with Crippen molar-refractivity contribution < 1.29 is 4.42 Å². The third-order valence-corrected chi connectivity index (χ3v) is 3.30. The first-order valence-corrected chi connectivity index (χ1v) is 6.13. The number of nitrogens with zero attached hydrogens (tertiary/aromatic N) is 1. The van der Waals surface area contributed by atoms with E-state index in [9.17, 15) is 0 Å². The van der Waals surface area contributed by atoms with E-state index in [1.807, 2.05) is 26.0 Å². The molecular formula is C14H16ClNO. The minimum atomic E-state index is -0.0824. The van der Waals surface area contributed by atoms with E-state index >= 15 is 0 Å². The summed E-state index contributed by atoms with van der Waals surface area (Å²) in [5.41, 5.74) is 3.29. The van der Waals surface area contributed by atoms with Gasteiger partial charge in [0.2, 0.25) is 0 Å². The van der Waals surface area contributed by atoms with Gasteiger partial charge in [-0.25, -0.2) is 0 Å². The van der Waals surface area contributed by atoms with Crippen LogP contribution in [0.15, 0.2) is 28.8 Å². The van der Waals surface area contributed by atoms with Gasteiger partial charge in [-0.05, 0) is 38.5 Å². The first-order chi connectivity index (χ1) is 8.08. The molecule has 2 rings (SSSR count). The average molecular weight is 250 g/mol. The van der Waals surface area contributed by atoms with Gasteiger partial charge in [-0.2, -0.15) is 0 Å². The molecule has 3 heteroatoms. The van der Waals surface area contributed by atoms with Crippen LogP contribution in [0.3, 0.4) is 0 Å². The monoisotopic (exact) mass is 249 g/mol. The molecule has 2 heterocycles. The van der Waals surface area contributed by atoms with Crippen LogP contribution in [-0.2, 0) is 6.42 Å². The number of hydrogen-bond donors (Lipinski definition) is 0. The number of aryl methyl sites for hydroxylation is 3. The minimum absolute atomic E-state index is 0.0824. The lowest BCUT2D eigenvalue weighted by molar-refractivity contribution is 0.500. The summed E-state index contributed by atoms with van der Waals surface area (Å²) in [6.07, 6.45) is 2.54. The lowest BCUT2D eigenvalue weighted by atomic mass is 10.1. The Bertz CT molecular complexity index is 519. The molecule has 0 saturated heterocycles. The Morgan fingerprint density at radius 3 is 2.71 bits per heavy atom. The Hall–Kier alpha value is -1.28. The fourth-order valence-corrected chi connectivity index (χ4v) is 2.34. The van der Waals surface area contributed by atoms with Crippen molar-refractivity contribution in [1.82, 2.24) is 4.98 Å². The van der Waals surface area contributed by atoms with Crippen molar-refractivity contribution in [3.63, 3.8) is 0 Å². The summed E-state index contributed by atoms with van der Waals surface area (Å²) in [6.45, 7) is 5.94. The molecule has 0 fully saturated rings. The van der Waals surface area contributed by atoms with Crippen LogP contribution >= 0.6 is 11.6 Å². The van der Waals surface area contributed by atoms with Gasteiger partial charge < -0.3 is 4.42 Å². The minimum Gasteiger partial charge on any atom is -0.466 e. The quantitative estimate of drug-likeness (QED) is 0.765. The van der Waals surface area contributed by atoms with Crippen LogP contribution < -0.4 is 0 Å². The fourth-order valence-electron chi connectivity index (χ4n) is 1.97. The zero-order valence-corrected chi connectivity index (χ0v) is 11.1.